The number of hydrogen-bond donors (Lipinski definition) is 3. The second-order valence-corrected chi connectivity index (χ2v) is 5.41. The predicted octanol–water partition coefficient (Wildman–Crippen LogP) is 0.163. The maximum atomic E-state index is 11.9. The molecule has 0 aromatic carbocycles. The van der Waals surface area contributed by atoms with E-state index in [0.717, 1.165) is 12.8 Å². The molecule has 6 nitrogen and oxygen atoms in total. The minimum atomic E-state index is -0.354. The Balaban J connectivity index is 2.38. The van der Waals surface area contributed by atoms with Gasteiger partial charge in [0.15, 0.2) is 0 Å². The normalized spacial score (nSPS) is 17.6. The van der Waals surface area contributed by atoms with Gasteiger partial charge in [-0.25, -0.2) is 0 Å². The molecule has 0 aliphatic heterocycles. The highest BCUT2D eigenvalue weighted by molar-refractivity contribution is 5.80. The van der Waals surface area contributed by atoms with E-state index in [0.29, 0.717) is 19.1 Å². The summed E-state index contributed by atoms with van der Waals surface area (Å²) < 4.78 is 4.90. The van der Waals surface area contributed by atoms with E-state index in [9.17, 15) is 9.59 Å². The van der Waals surface area contributed by atoms with Crippen LogP contribution in [0.4, 0.5) is 0 Å². The molecule has 0 heterocycles. The zero-order chi connectivity index (χ0) is 14.8. The van der Waals surface area contributed by atoms with Gasteiger partial charge < -0.3 is 21.1 Å². The monoisotopic (exact) mass is 285 g/mol. The first kappa shape index (κ1) is 16.9. The van der Waals surface area contributed by atoms with Crippen LogP contribution in [0.15, 0.2) is 0 Å². The zero-order valence-corrected chi connectivity index (χ0v) is 12.3. The maximum Gasteiger partial charge on any atom is 0.234 e. The summed E-state index contributed by atoms with van der Waals surface area (Å²) in [4.78, 5) is 23.0. The highest BCUT2D eigenvalue weighted by Crippen LogP contribution is 2.27. The number of hydrogen-bond acceptors (Lipinski definition) is 4. The van der Waals surface area contributed by atoms with Crippen LogP contribution in [0.2, 0.25) is 0 Å². The zero-order valence-electron chi connectivity index (χ0n) is 12.3. The van der Waals surface area contributed by atoms with E-state index in [4.69, 9.17) is 10.5 Å². The molecule has 1 rings (SSSR count). The quantitative estimate of drug-likeness (QED) is 0.526. The van der Waals surface area contributed by atoms with Gasteiger partial charge in [-0.3, -0.25) is 9.59 Å². The molecule has 1 saturated carbocycles. The third-order valence-corrected chi connectivity index (χ3v) is 3.75. The first-order chi connectivity index (χ1) is 9.63. The van der Waals surface area contributed by atoms with Crippen molar-refractivity contribution in [2.24, 2.45) is 11.7 Å². The van der Waals surface area contributed by atoms with Crippen molar-refractivity contribution in [2.45, 2.75) is 44.6 Å². The van der Waals surface area contributed by atoms with E-state index in [1.807, 2.05) is 0 Å². The Bertz CT molecular complexity index is 304. The topological polar surface area (TPSA) is 93.4 Å². The Morgan fingerprint density at radius 2 is 2.00 bits per heavy atom. The number of methoxy groups -OCH3 is 1. The summed E-state index contributed by atoms with van der Waals surface area (Å²) in [5.74, 6) is -0.0645. The molecule has 0 radical (unpaired) electrons. The lowest BCUT2D eigenvalue weighted by Crippen LogP contribution is -2.46. The third kappa shape index (κ3) is 6.86. The number of amides is 2. The van der Waals surface area contributed by atoms with Gasteiger partial charge in [0.25, 0.3) is 0 Å². The van der Waals surface area contributed by atoms with E-state index in [-0.39, 0.29) is 30.8 Å². The van der Waals surface area contributed by atoms with Gasteiger partial charge in [-0.1, -0.05) is 19.3 Å². The SMILES string of the molecule is COCCNCC(=O)NC(CC(N)=O)C1CCCCC1. The van der Waals surface area contributed by atoms with E-state index in [1.165, 1.54) is 19.3 Å². The fourth-order valence-electron chi connectivity index (χ4n) is 2.72. The van der Waals surface area contributed by atoms with Crippen molar-refractivity contribution in [2.75, 3.05) is 26.8 Å². The Morgan fingerprint density at radius 3 is 2.60 bits per heavy atom. The summed E-state index contributed by atoms with van der Waals surface area (Å²) in [6.45, 7) is 1.44. The van der Waals surface area contributed by atoms with Crippen molar-refractivity contribution in [3.63, 3.8) is 0 Å². The Labute approximate surface area is 120 Å². The second-order valence-electron chi connectivity index (χ2n) is 5.41. The summed E-state index contributed by atoms with van der Waals surface area (Å²) in [7, 11) is 1.62. The van der Waals surface area contributed by atoms with Gasteiger partial charge in [-0.05, 0) is 18.8 Å². The third-order valence-electron chi connectivity index (χ3n) is 3.75. The van der Waals surface area contributed by atoms with Gasteiger partial charge in [0.05, 0.1) is 13.2 Å². The first-order valence-corrected chi connectivity index (χ1v) is 7.40. The maximum absolute atomic E-state index is 11.9. The lowest BCUT2D eigenvalue weighted by molar-refractivity contribution is -0.122. The van der Waals surface area contributed by atoms with Crippen molar-refractivity contribution in [3.8, 4) is 0 Å². The number of primary amides is 1. The van der Waals surface area contributed by atoms with Crippen LogP contribution in [0.1, 0.15) is 38.5 Å². The Morgan fingerprint density at radius 1 is 1.30 bits per heavy atom. The van der Waals surface area contributed by atoms with Crippen LogP contribution in [-0.2, 0) is 14.3 Å². The summed E-state index contributed by atoms with van der Waals surface area (Å²) in [6, 6.07) is -0.121. The lowest BCUT2D eigenvalue weighted by atomic mass is 9.82. The van der Waals surface area contributed by atoms with Gasteiger partial charge in [0.2, 0.25) is 11.8 Å². The summed E-state index contributed by atoms with van der Waals surface area (Å²) in [6.07, 6.45) is 5.94. The number of ether oxygens (including phenoxy) is 1. The number of nitrogens with one attached hydrogen (secondary N) is 2. The van der Waals surface area contributed by atoms with E-state index < -0.39 is 0 Å². The predicted molar refractivity (Wildman–Crippen MR) is 77.1 cm³/mol. The van der Waals surface area contributed by atoms with Crippen LogP contribution < -0.4 is 16.4 Å². The molecule has 2 amide bonds. The number of carbonyl (C=O) groups excluding carboxylic acids is 2. The van der Waals surface area contributed by atoms with Gasteiger partial charge >= 0.3 is 0 Å². The highest BCUT2D eigenvalue weighted by Gasteiger charge is 2.26. The summed E-state index contributed by atoms with van der Waals surface area (Å²) >= 11 is 0. The van der Waals surface area contributed by atoms with Crippen LogP contribution in [-0.4, -0.2) is 44.7 Å². The molecule has 0 spiro atoms. The molecular weight excluding hydrogens is 258 g/mol. The molecule has 20 heavy (non-hydrogen) atoms. The largest absolute Gasteiger partial charge is 0.383 e. The van der Waals surface area contributed by atoms with Crippen LogP contribution in [0.3, 0.4) is 0 Å². The minimum absolute atomic E-state index is 0.0853. The molecule has 0 aromatic rings. The van der Waals surface area contributed by atoms with Crippen LogP contribution >= 0.6 is 0 Å². The fraction of sp³-hybridized carbons (Fsp3) is 0.857. The van der Waals surface area contributed by atoms with Crippen LogP contribution in [0, 0.1) is 5.92 Å². The smallest absolute Gasteiger partial charge is 0.234 e. The van der Waals surface area contributed by atoms with Crippen molar-refractivity contribution >= 4 is 11.8 Å². The average molecular weight is 285 g/mol. The first-order valence-electron chi connectivity index (χ1n) is 7.40. The number of nitrogens with two attached hydrogens (primary N) is 1. The molecular formula is C14H27N3O3. The molecule has 1 aliphatic rings. The van der Waals surface area contributed by atoms with Crippen LogP contribution in [0.5, 0.6) is 0 Å². The van der Waals surface area contributed by atoms with Gasteiger partial charge in [-0.15, -0.1) is 0 Å². The molecule has 4 N–H and O–H groups in total. The highest BCUT2D eigenvalue weighted by atomic mass is 16.5. The van der Waals surface area contributed by atoms with Crippen LogP contribution in [0.25, 0.3) is 0 Å². The van der Waals surface area contributed by atoms with Crippen molar-refractivity contribution < 1.29 is 14.3 Å². The van der Waals surface area contributed by atoms with E-state index in [2.05, 4.69) is 10.6 Å². The minimum Gasteiger partial charge on any atom is -0.383 e. The van der Waals surface area contributed by atoms with Gasteiger partial charge in [-0.2, -0.15) is 0 Å². The Hall–Kier alpha value is -1.14. The molecule has 0 aromatic heterocycles. The van der Waals surface area contributed by atoms with Gasteiger partial charge in [0, 0.05) is 26.1 Å². The molecule has 0 saturated heterocycles. The van der Waals surface area contributed by atoms with Gasteiger partial charge in [0.1, 0.15) is 0 Å². The number of rotatable bonds is 9. The second kappa shape index (κ2) is 9.72. The Kier molecular flexibility index (Phi) is 8.22. The number of carbonyl (C=O) groups is 2. The molecule has 1 aliphatic carbocycles. The lowest BCUT2D eigenvalue weighted by Gasteiger charge is -2.30. The van der Waals surface area contributed by atoms with Crippen molar-refractivity contribution in [1.29, 1.82) is 0 Å². The fourth-order valence-corrected chi connectivity index (χ4v) is 2.72. The molecule has 116 valence electrons. The summed E-state index contributed by atoms with van der Waals surface area (Å²) in [5, 5.41) is 5.95. The van der Waals surface area contributed by atoms with E-state index >= 15 is 0 Å². The molecule has 6 heteroatoms. The van der Waals surface area contributed by atoms with E-state index in [1.54, 1.807) is 7.11 Å². The molecule has 1 fully saturated rings. The molecule has 0 bridgehead atoms. The molecule has 1 atom stereocenters. The molecule has 1 unspecified atom stereocenters. The summed E-state index contributed by atoms with van der Waals surface area (Å²) in [5.41, 5.74) is 5.29. The van der Waals surface area contributed by atoms with Crippen molar-refractivity contribution in [1.82, 2.24) is 10.6 Å². The van der Waals surface area contributed by atoms with Crippen molar-refractivity contribution in [3.05, 3.63) is 0 Å². The standard InChI is InChI=1S/C14H27N3O3/c1-20-8-7-16-10-14(19)17-12(9-13(15)18)11-5-3-2-4-6-11/h11-12,16H,2-10H2,1H3,(H2,15,18)(H,17,19). The average Bonchev–Trinajstić information content (AvgIpc) is 2.43.